The number of piperazine rings is 1. The third-order valence-corrected chi connectivity index (χ3v) is 5.83. The zero-order valence-corrected chi connectivity index (χ0v) is 16.0. The molecular formula is C17H27N3O4S. The lowest BCUT2D eigenvalue weighted by Gasteiger charge is -2.40. The molecule has 3 rings (SSSR count). The smallest absolute Gasteiger partial charge is 0.410 e. The molecule has 3 fully saturated rings. The molecule has 140 valence electrons. The molecule has 1 unspecified atom stereocenters. The highest BCUT2D eigenvalue weighted by molar-refractivity contribution is 7.80. The maximum absolute atomic E-state index is 12.3. The Bertz CT molecular complexity index is 585. The van der Waals surface area contributed by atoms with E-state index in [1.165, 1.54) is 0 Å². The number of carboxylic acid groups (broad SMARTS) is 1. The number of rotatable bonds is 3. The summed E-state index contributed by atoms with van der Waals surface area (Å²) in [4.78, 5) is 29.8. The SMILES string of the molecule is CC(C)(C)OC(=O)N1CCN2C(=S)N(CC3(C(=O)O)CCC3)CC2C1. The first-order chi connectivity index (χ1) is 11.6. The van der Waals surface area contributed by atoms with Gasteiger partial charge >= 0.3 is 12.1 Å². The molecule has 1 N–H and O–H groups in total. The third-order valence-electron chi connectivity index (χ3n) is 5.34. The number of aliphatic carboxylic acids is 1. The minimum absolute atomic E-state index is 0.111. The summed E-state index contributed by atoms with van der Waals surface area (Å²) in [5, 5.41) is 10.3. The molecule has 2 aliphatic heterocycles. The van der Waals surface area contributed by atoms with Crippen LogP contribution < -0.4 is 0 Å². The summed E-state index contributed by atoms with van der Waals surface area (Å²) in [6.45, 7) is 8.52. The van der Waals surface area contributed by atoms with Gasteiger partial charge in [0.05, 0.1) is 11.5 Å². The van der Waals surface area contributed by atoms with Gasteiger partial charge in [-0.2, -0.15) is 0 Å². The number of nitrogens with zero attached hydrogens (tertiary/aromatic N) is 3. The van der Waals surface area contributed by atoms with Crippen molar-refractivity contribution < 1.29 is 19.4 Å². The van der Waals surface area contributed by atoms with E-state index in [2.05, 4.69) is 4.90 Å². The van der Waals surface area contributed by atoms with Crippen LogP contribution in [-0.2, 0) is 9.53 Å². The first-order valence-corrected chi connectivity index (χ1v) is 9.29. The van der Waals surface area contributed by atoms with E-state index in [4.69, 9.17) is 17.0 Å². The summed E-state index contributed by atoms with van der Waals surface area (Å²) < 4.78 is 5.46. The first-order valence-electron chi connectivity index (χ1n) is 8.88. The maximum atomic E-state index is 12.3. The van der Waals surface area contributed by atoms with E-state index >= 15 is 0 Å². The average molecular weight is 369 g/mol. The monoisotopic (exact) mass is 369 g/mol. The number of carboxylic acids is 1. The Labute approximate surface area is 153 Å². The van der Waals surface area contributed by atoms with Crippen molar-refractivity contribution >= 4 is 29.4 Å². The summed E-state index contributed by atoms with van der Waals surface area (Å²) in [6.07, 6.45) is 2.11. The van der Waals surface area contributed by atoms with E-state index in [1.807, 2.05) is 25.7 Å². The fourth-order valence-corrected chi connectivity index (χ4v) is 4.19. The minimum atomic E-state index is -0.721. The second-order valence-corrected chi connectivity index (χ2v) is 8.74. The van der Waals surface area contributed by atoms with Crippen molar-refractivity contribution in [1.82, 2.24) is 14.7 Å². The quantitative estimate of drug-likeness (QED) is 0.760. The molecule has 2 saturated heterocycles. The zero-order chi connectivity index (χ0) is 18.4. The molecule has 3 aliphatic rings. The Morgan fingerprint density at radius 1 is 1.28 bits per heavy atom. The zero-order valence-electron chi connectivity index (χ0n) is 15.2. The van der Waals surface area contributed by atoms with Crippen LogP contribution in [0.3, 0.4) is 0 Å². The topological polar surface area (TPSA) is 73.3 Å². The largest absolute Gasteiger partial charge is 0.481 e. The van der Waals surface area contributed by atoms with Gasteiger partial charge in [0.2, 0.25) is 0 Å². The first kappa shape index (κ1) is 18.2. The summed E-state index contributed by atoms with van der Waals surface area (Å²) in [7, 11) is 0. The van der Waals surface area contributed by atoms with E-state index in [-0.39, 0.29) is 12.1 Å². The van der Waals surface area contributed by atoms with Crippen molar-refractivity contribution in [3.05, 3.63) is 0 Å². The Kier molecular flexibility index (Phi) is 4.59. The van der Waals surface area contributed by atoms with Crippen LogP contribution in [0, 0.1) is 5.41 Å². The molecule has 0 spiro atoms. The van der Waals surface area contributed by atoms with Gasteiger partial charge in [0.1, 0.15) is 5.60 Å². The summed E-state index contributed by atoms with van der Waals surface area (Å²) >= 11 is 5.58. The second-order valence-electron chi connectivity index (χ2n) is 8.38. The highest BCUT2D eigenvalue weighted by atomic mass is 32.1. The van der Waals surface area contributed by atoms with E-state index in [0.717, 1.165) is 24.4 Å². The molecule has 8 heteroatoms. The molecule has 25 heavy (non-hydrogen) atoms. The predicted octanol–water partition coefficient (Wildman–Crippen LogP) is 1.76. The molecule has 0 aromatic carbocycles. The number of amides is 1. The van der Waals surface area contributed by atoms with Crippen molar-refractivity contribution in [1.29, 1.82) is 0 Å². The van der Waals surface area contributed by atoms with Crippen molar-refractivity contribution in [3.63, 3.8) is 0 Å². The number of fused-ring (bicyclic) bond motifs is 1. The van der Waals surface area contributed by atoms with Gasteiger partial charge in [-0.3, -0.25) is 4.79 Å². The van der Waals surface area contributed by atoms with Crippen LogP contribution in [0.15, 0.2) is 0 Å². The Hall–Kier alpha value is -1.57. The third kappa shape index (κ3) is 3.54. The van der Waals surface area contributed by atoms with E-state index in [9.17, 15) is 14.7 Å². The van der Waals surface area contributed by atoms with Crippen LogP contribution in [0.5, 0.6) is 0 Å². The molecule has 1 saturated carbocycles. The molecule has 1 amide bonds. The Morgan fingerprint density at radius 3 is 2.48 bits per heavy atom. The number of hydrogen-bond donors (Lipinski definition) is 1. The minimum Gasteiger partial charge on any atom is -0.481 e. The number of ether oxygens (including phenoxy) is 1. The van der Waals surface area contributed by atoms with Gasteiger partial charge in [-0.1, -0.05) is 6.42 Å². The van der Waals surface area contributed by atoms with Gasteiger partial charge in [-0.05, 0) is 45.8 Å². The summed E-state index contributed by atoms with van der Waals surface area (Å²) in [5.41, 5.74) is -1.16. The number of carbonyl (C=O) groups excluding carboxylic acids is 1. The highest BCUT2D eigenvalue weighted by Crippen LogP contribution is 2.42. The van der Waals surface area contributed by atoms with Crippen molar-refractivity contribution in [2.45, 2.75) is 51.7 Å². The standard InChI is InChI=1S/C17H27N3O4S/c1-16(2,3)24-15(23)18-7-8-20-12(9-18)10-19(14(20)25)11-17(13(21)22)5-4-6-17/h12H,4-11H2,1-3H3,(H,21,22). The van der Waals surface area contributed by atoms with Crippen molar-refractivity contribution in [2.24, 2.45) is 5.41 Å². The molecule has 1 aliphatic carbocycles. The van der Waals surface area contributed by atoms with E-state index < -0.39 is 17.0 Å². The lowest BCUT2D eigenvalue weighted by molar-refractivity contribution is -0.155. The Balaban J connectivity index is 1.62. The van der Waals surface area contributed by atoms with Gasteiger partial charge in [-0.15, -0.1) is 0 Å². The molecule has 1 atom stereocenters. The number of hydrogen-bond acceptors (Lipinski definition) is 4. The van der Waals surface area contributed by atoms with Gasteiger partial charge < -0.3 is 24.5 Å². The van der Waals surface area contributed by atoms with Crippen molar-refractivity contribution in [2.75, 3.05) is 32.7 Å². The lowest BCUT2D eigenvalue weighted by Crippen LogP contribution is -2.54. The predicted molar refractivity (Wildman–Crippen MR) is 96.4 cm³/mol. The van der Waals surface area contributed by atoms with Crippen LogP contribution in [0.25, 0.3) is 0 Å². The highest BCUT2D eigenvalue weighted by Gasteiger charge is 2.49. The Morgan fingerprint density at radius 2 is 1.96 bits per heavy atom. The molecule has 0 aromatic rings. The van der Waals surface area contributed by atoms with Crippen LogP contribution in [0.2, 0.25) is 0 Å². The van der Waals surface area contributed by atoms with Crippen LogP contribution in [0.1, 0.15) is 40.0 Å². The molecule has 0 radical (unpaired) electrons. The molecule has 0 bridgehead atoms. The maximum Gasteiger partial charge on any atom is 0.410 e. The summed E-state index contributed by atoms with van der Waals surface area (Å²) in [5.74, 6) is -0.721. The molecule has 7 nitrogen and oxygen atoms in total. The van der Waals surface area contributed by atoms with Gasteiger partial charge in [0.15, 0.2) is 5.11 Å². The van der Waals surface area contributed by atoms with Gasteiger partial charge in [0.25, 0.3) is 0 Å². The van der Waals surface area contributed by atoms with E-state index in [0.29, 0.717) is 32.7 Å². The summed E-state index contributed by atoms with van der Waals surface area (Å²) in [6, 6.07) is 0.111. The van der Waals surface area contributed by atoms with E-state index in [1.54, 1.807) is 4.90 Å². The normalized spacial score (nSPS) is 25.5. The lowest BCUT2D eigenvalue weighted by atomic mass is 9.68. The average Bonchev–Trinajstić information content (AvgIpc) is 2.76. The van der Waals surface area contributed by atoms with Crippen molar-refractivity contribution in [3.8, 4) is 0 Å². The van der Waals surface area contributed by atoms with Gasteiger partial charge in [-0.25, -0.2) is 4.79 Å². The van der Waals surface area contributed by atoms with Crippen LogP contribution in [0.4, 0.5) is 4.79 Å². The second kappa shape index (κ2) is 6.30. The number of thiocarbonyl (C=S) groups is 1. The van der Waals surface area contributed by atoms with Crippen LogP contribution in [-0.4, -0.2) is 81.3 Å². The van der Waals surface area contributed by atoms with Crippen LogP contribution >= 0.6 is 12.2 Å². The number of carbonyl (C=O) groups is 2. The molecular weight excluding hydrogens is 342 g/mol. The fraction of sp³-hybridized carbons (Fsp3) is 0.824. The van der Waals surface area contributed by atoms with Gasteiger partial charge in [0, 0.05) is 32.7 Å². The fourth-order valence-electron chi connectivity index (χ4n) is 3.81. The molecule has 2 heterocycles. The molecule has 0 aromatic heterocycles.